The average molecular weight is 303 g/mol. The Morgan fingerprint density at radius 1 is 1.27 bits per heavy atom. The molecule has 0 aliphatic heterocycles. The predicted octanol–water partition coefficient (Wildman–Crippen LogP) is 3.53. The van der Waals surface area contributed by atoms with Crippen molar-refractivity contribution in [1.29, 1.82) is 0 Å². The molecule has 1 heterocycles. The van der Waals surface area contributed by atoms with Crippen molar-refractivity contribution in [2.45, 2.75) is 46.0 Å². The highest BCUT2D eigenvalue weighted by Gasteiger charge is 2.16. The van der Waals surface area contributed by atoms with E-state index in [1.54, 1.807) is 0 Å². The standard InChI is InChI=1S/C18H25NO3/c1-4-5-6-7-16-13(8-9-20)15-10-12(2)14(18(21)22-3)11-17(15)19-16/h10-11,19-20H,4-9H2,1-3H3. The fourth-order valence-corrected chi connectivity index (χ4v) is 2.95. The van der Waals surface area contributed by atoms with E-state index in [9.17, 15) is 9.90 Å². The van der Waals surface area contributed by atoms with Gasteiger partial charge in [-0.05, 0) is 49.4 Å². The maximum atomic E-state index is 11.8. The number of carbonyl (C=O) groups excluding carboxylic acids is 1. The van der Waals surface area contributed by atoms with E-state index >= 15 is 0 Å². The zero-order chi connectivity index (χ0) is 16.1. The summed E-state index contributed by atoms with van der Waals surface area (Å²) < 4.78 is 4.84. The molecule has 0 unspecified atom stereocenters. The number of aliphatic hydroxyl groups excluding tert-OH is 1. The van der Waals surface area contributed by atoms with E-state index in [2.05, 4.69) is 11.9 Å². The van der Waals surface area contributed by atoms with Gasteiger partial charge in [0.25, 0.3) is 0 Å². The minimum Gasteiger partial charge on any atom is -0.465 e. The molecule has 4 heteroatoms. The summed E-state index contributed by atoms with van der Waals surface area (Å²) in [5.74, 6) is -0.315. The number of esters is 1. The smallest absolute Gasteiger partial charge is 0.338 e. The van der Waals surface area contributed by atoms with Crippen LogP contribution in [-0.4, -0.2) is 29.8 Å². The number of H-pyrrole nitrogens is 1. The third kappa shape index (κ3) is 3.33. The van der Waals surface area contributed by atoms with E-state index in [-0.39, 0.29) is 12.6 Å². The van der Waals surface area contributed by atoms with Crippen LogP contribution in [0.4, 0.5) is 0 Å². The summed E-state index contributed by atoms with van der Waals surface area (Å²) in [7, 11) is 1.40. The molecule has 2 N–H and O–H groups in total. The minimum atomic E-state index is -0.315. The normalized spacial score (nSPS) is 11.1. The molecule has 0 amide bonds. The Hall–Kier alpha value is -1.81. The van der Waals surface area contributed by atoms with Crippen LogP contribution in [0.15, 0.2) is 12.1 Å². The van der Waals surface area contributed by atoms with Crippen LogP contribution < -0.4 is 0 Å². The molecule has 0 aliphatic rings. The van der Waals surface area contributed by atoms with Crippen LogP contribution in [0.5, 0.6) is 0 Å². The molecule has 4 nitrogen and oxygen atoms in total. The second kappa shape index (κ2) is 7.45. The monoisotopic (exact) mass is 303 g/mol. The molecule has 2 aromatic rings. The van der Waals surface area contributed by atoms with E-state index in [1.165, 1.54) is 31.2 Å². The number of aryl methyl sites for hydroxylation is 2. The van der Waals surface area contributed by atoms with Gasteiger partial charge in [0, 0.05) is 23.2 Å². The van der Waals surface area contributed by atoms with Gasteiger partial charge in [0.05, 0.1) is 12.7 Å². The van der Waals surface area contributed by atoms with Crippen LogP contribution in [-0.2, 0) is 17.6 Å². The summed E-state index contributed by atoms with van der Waals surface area (Å²) in [6.07, 6.45) is 5.12. The number of benzene rings is 1. The quantitative estimate of drug-likeness (QED) is 0.607. The molecule has 2 rings (SSSR count). The fourth-order valence-electron chi connectivity index (χ4n) is 2.95. The number of hydrogen-bond acceptors (Lipinski definition) is 3. The van der Waals surface area contributed by atoms with Crippen LogP contribution in [0.3, 0.4) is 0 Å². The molecule has 0 radical (unpaired) electrons. The SMILES string of the molecule is CCCCCc1[nH]c2cc(C(=O)OC)c(C)cc2c1CCO. The molecule has 120 valence electrons. The third-order valence-corrected chi connectivity index (χ3v) is 4.14. The van der Waals surface area contributed by atoms with Gasteiger partial charge in [0.2, 0.25) is 0 Å². The number of methoxy groups -OCH3 is 1. The third-order valence-electron chi connectivity index (χ3n) is 4.14. The number of rotatable bonds is 7. The summed E-state index contributed by atoms with van der Waals surface area (Å²) in [4.78, 5) is 15.3. The summed E-state index contributed by atoms with van der Waals surface area (Å²) >= 11 is 0. The van der Waals surface area contributed by atoms with Gasteiger partial charge in [-0.15, -0.1) is 0 Å². The van der Waals surface area contributed by atoms with Crippen LogP contribution in [0.1, 0.15) is 53.4 Å². The molecule has 0 atom stereocenters. The predicted molar refractivity (Wildman–Crippen MR) is 88.4 cm³/mol. The molecule has 1 aromatic heterocycles. The molecule has 22 heavy (non-hydrogen) atoms. The molecule has 0 fully saturated rings. The van der Waals surface area contributed by atoms with Gasteiger partial charge < -0.3 is 14.8 Å². The Morgan fingerprint density at radius 2 is 2.05 bits per heavy atom. The van der Waals surface area contributed by atoms with Crippen molar-refractivity contribution in [3.05, 3.63) is 34.5 Å². The number of ether oxygens (including phenoxy) is 1. The van der Waals surface area contributed by atoms with Crippen molar-refractivity contribution in [1.82, 2.24) is 4.98 Å². The van der Waals surface area contributed by atoms with Gasteiger partial charge in [-0.1, -0.05) is 19.8 Å². The lowest BCUT2D eigenvalue weighted by Gasteiger charge is -2.05. The van der Waals surface area contributed by atoms with E-state index in [4.69, 9.17) is 4.74 Å². The van der Waals surface area contributed by atoms with Gasteiger partial charge in [0.1, 0.15) is 0 Å². The first-order valence-corrected chi connectivity index (χ1v) is 7.95. The Balaban J connectivity index is 2.47. The van der Waals surface area contributed by atoms with Gasteiger partial charge in [-0.2, -0.15) is 0 Å². The van der Waals surface area contributed by atoms with Crippen molar-refractivity contribution in [3.63, 3.8) is 0 Å². The molecule has 0 saturated heterocycles. The van der Waals surface area contributed by atoms with Crippen LogP contribution in [0, 0.1) is 6.92 Å². The molecule has 0 aliphatic carbocycles. The highest BCUT2D eigenvalue weighted by atomic mass is 16.5. The number of aliphatic hydroxyl groups is 1. The Bertz CT molecular complexity index is 658. The van der Waals surface area contributed by atoms with Crippen molar-refractivity contribution >= 4 is 16.9 Å². The highest BCUT2D eigenvalue weighted by molar-refractivity contribution is 5.97. The summed E-state index contributed by atoms with van der Waals surface area (Å²) in [5, 5.41) is 10.5. The van der Waals surface area contributed by atoms with Crippen molar-refractivity contribution in [2.24, 2.45) is 0 Å². The maximum Gasteiger partial charge on any atom is 0.338 e. The Labute approximate surface area is 131 Å². The fraction of sp³-hybridized carbons (Fsp3) is 0.500. The molecule has 0 saturated carbocycles. The number of hydrogen-bond donors (Lipinski definition) is 2. The largest absolute Gasteiger partial charge is 0.465 e. The van der Waals surface area contributed by atoms with Crippen LogP contribution in [0.2, 0.25) is 0 Å². The number of aromatic nitrogens is 1. The summed E-state index contributed by atoms with van der Waals surface area (Å²) in [6.45, 7) is 4.23. The van der Waals surface area contributed by atoms with Crippen LogP contribution in [0.25, 0.3) is 10.9 Å². The molecule has 1 aromatic carbocycles. The Morgan fingerprint density at radius 3 is 2.68 bits per heavy atom. The first-order chi connectivity index (χ1) is 10.6. The molecule has 0 bridgehead atoms. The van der Waals surface area contributed by atoms with E-state index in [0.29, 0.717) is 12.0 Å². The van der Waals surface area contributed by atoms with Gasteiger partial charge >= 0.3 is 5.97 Å². The second-order valence-corrected chi connectivity index (χ2v) is 5.72. The van der Waals surface area contributed by atoms with Gasteiger partial charge in [-0.3, -0.25) is 0 Å². The zero-order valence-electron chi connectivity index (χ0n) is 13.7. The molecular weight excluding hydrogens is 278 g/mol. The number of unbranched alkanes of at least 4 members (excludes halogenated alkanes) is 2. The molecule has 0 spiro atoms. The lowest BCUT2D eigenvalue weighted by Crippen LogP contribution is -2.03. The van der Waals surface area contributed by atoms with Gasteiger partial charge in [0.15, 0.2) is 0 Å². The van der Waals surface area contributed by atoms with Gasteiger partial charge in [-0.25, -0.2) is 4.79 Å². The first-order valence-electron chi connectivity index (χ1n) is 7.95. The average Bonchev–Trinajstić information content (AvgIpc) is 2.84. The van der Waals surface area contributed by atoms with E-state index in [1.807, 2.05) is 19.1 Å². The van der Waals surface area contributed by atoms with Crippen molar-refractivity contribution < 1.29 is 14.6 Å². The number of fused-ring (bicyclic) bond motifs is 1. The summed E-state index contributed by atoms with van der Waals surface area (Å²) in [6, 6.07) is 3.88. The zero-order valence-corrected chi connectivity index (χ0v) is 13.7. The van der Waals surface area contributed by atoms with Crippen molar-refractivity contribution in [3.8, 4) is 0 Å². The van der Waals surface area contributed by atoms with Crippen molar-refractivity contribution in [2.75, 3.05) is 13.7 Å². The first kappa shape index (κ1) is 16.6. The maximum absolute atomic E-state index is 11.8. The second-order valence-electron chi connectivity index (χ2n) is 5.72. The number of aromatic amines is 1. The number of carbonyl (C=O) groups is 1. The van der Waals surface area contributed by atoms with E-state index < -0.39 is 0 Å². The molecular formula is C18H25NO3. The Kier molecular flexibility index (Phi) is 5.61. The summed E-state index contributed by atoms with van der Waals surface area (Å²) in [5.41, 5.74) is 4.79. The highest BCUT2D eigenvalue weighted by Crippen LogP contribution is 2.27. The minimum absolute atomic E-state index is 0.130. The number of nitrogens with one attached hydrogen (secondary N) is 1. The van der Waals surface area contributed by atoms with Crippen LogP contribution >= 0.6 is 0 Å². The van der Waals surface area contributed by atoms with E-state index in [0.717, 1.165) is 29.3 Å². The topological polar surface area (TPSA) is 62.3 Å². The lowest BCUT2D eigenvalue weighted by atomic mass is 10.0. The lowest BCUT2D eigenvalue weighted by molar-refractivity contribution is 0.0600.